The average molecular weight is 206 g/mol. The topological polar surface area (TPSA) is 107 Å². The monoisotopic (exact) mass is 206 g/mol. The highest BCUT2D eigenvalue weighted by Crippen LogP contribution is 2.22. The maximum Gasteiger partial charge on any atom is 0.212 e. The van der Waals surface area contributed by atoms with Gasteiger partial charge in [0, 0.05) is 11.6 Å². The second-order valence-corrected chi connectivity index (χ2v) is 3.36. The quantitative estimate of drug-likeness (QED) is 0.700. The molecular formula is C7H6N6S. The van der Waals surface area contributed by atoms with Gasteiger partial charge in [-0.25, -0.2) is 4.98 Å². The Morgan fingerprint density at radius 1 is 1.50 bits per heavy atom. The van der Waals surface area contributed by atoms with Gasteiger partial charge in [0.15, 0.2) is 5.82 Å². The van der Waals surface area contributed by atoms with E-state index in [4.69, 9.17) is 16.7 Å². The summed E-state index contributed by atoms with van der Waals surface area (Å²) in [5.74, 6) is 0.347. The molecule has 2 rings (SSSR count). The van der Waals surface area contributed by atoms with Crippen LogP contribution in [0.1, 0.15) is 5.56 Å². The van der Waals surface area contributed by atoms with E-state index >= 15 is 0 Å². The van der Waals surface area contributed by atoms with Crippen molar-refractivity contribution in [3.63, 3.8) is 0 Å². The van der Waals surface area contributed by atoms with E-state index < -0.39 is 0 Å². The number of anilines is 2. The molecule has 2 aromatic heterocycles. The van der Waals surface area contributed by atoms with Crippen molar-refractivity contribution >= 4 is 23.0 Å². The molecule has 0 saturated heterocycles. The van der Waals surface area contributed by atoms with Crippen LogP contribution in [0.4, 0.5) is 11.6 Å². The summed E-state index contributed by atoms with van der Waals surface area (Å²) in [6.45, 7) is 0. The van der Waals surface area contributed by atoms with Gasteiger partial charge in [-0.3, -0.25) is 0 Å². The van der Waals surface area contributed by atoms with E-state index in [9.17, 15) is 0 Å². The van der Waals surface area contributed by atoms with Gasteiger partial charge in [0.05, 0.1) is 0 Å². The SMILES string of the molecule is N#Cc1c(N)nn(-c2nccs2)c1N. The maximum absolute atomic E-state index is 8.73. The summed E-state index contributed by atoms with van der Waals surface area (Å²) in [5.41, 5.74) is 11.4. The maximum atomic E-state index is 8.73. The van der Waals surface area contributed by atoms with Crippen molar-refractivity contribution in [1.29, 1.82) is 5.26 Å². The lowest BCUT2D eigenvalue weighted by Crippen LogP contribution is -2.01. The van der Waals surface area contributed by atoms with E-state index in [1.807, 2.05) is 6.07 Å². The molecule has 0 bridgehead atoms. The van der Waals surface area contributed by atoms with E-state index in [0.717, 1.165) is 0 Å². The third kappa shape index (κ3) is 1.09. The molecule has 0 radical (unpaired) electrons. The van der Waals surface area contributed by atoms with Crippen LogP contribution in [0, 0.1) is 11.3 Å². The van der Waals surface area contributed by atoms with E-state index in [2.05, 4.69) is 10.1 Å². The summed E-state index contributed by atoms with van der Waals surface area (Å²) in [4.78, 5) is 4.01. The number of hydrogen-bond acceptors (Lipinski definition) is 6. The average Bonchev–Trinajstić information content (AvgIpc) is 2.74. The molecule has 0 aliphatic rings. The van der Waals surface area contributed by atoms with Crippen LogP contribution in [0.3, 0.4) is 0 Å². The minimum atomic E-state index is 0.125. The zero-order valence-electron chi connectivity index (χ0n) is 7.01. The summed E-state index contributed by atoms with van der Waals surface area (Å²) < 4.78 is 1.36. The molecule has 7 heteroatoms. The predicted molar refractivity (Wildman–Crippen MR) is 52.8 cm³/mol. The Balaban J connectivity index is 2.63. The van der Waals surface area contributed by atoms with Gasteiger partial charge in [-0.05, 0) is 0 Å². The fraction of sp³-hybridized carbons (Fsp3) is 0. The van der Waals surface area contributed by atoms with Crippen LogP contribution in [0.25, 0.3) is 5.13 Å². The van der Waals surface area contributed by atoms with Crippen LogP contribution >= 0.6 is 11.3 Å². The molecule has 0 atom stereocenters. The lowest BCUT2D eigenvalue weighted by molar-refractivity contribution is 0.885. The van der Waals surface area contributed by atoms with Gasteiger partial charge in [-0.2, -0.15) is 9.94 Å². The van der Waals surface area contributed by atoms with Gasteiger partial charge < -0.3 is 11.5 Å². The van der Waals surface area contributed by atoms with Gasteiger partial charge in [-0.15, -0.1) is 16.4 Å². The number of nitrogens with two attached hydrogens (primary N) is 2. The van der Waals surface area contributed by atoms with Gasteiger partial charge in [0.25, 0.3) is 0 Å². The Labute approximate surface area is 83.4 Å². The second-order valence-electron chi connectivity index (χ2n) is 2.48. The molecule has 0 fully saturated rings. The molecule has 2 aromatic rings. The fourth-order valence-electron chi connectivity index (χ4n) is 1.03. The van der Waals surface area contributed by atoms with Gasteiger partial charge >= 0.3 is 0 Å². The Hall–Kier alpha value is -2.07. The van der Waals surface area contributed by atoms with Crippen molar-refractivity contribution in [3.8, 4) is 11.2 Å². The molecule has 2 heterocycles. The summed E-state index contributed by atoms with van der Waals surface area (Å²) in [7, 11) is 0. The van der Waals surface area contributed by atoms with E-state index in [0.29, 0.717) is 5.13 Å². The highest BCUT2D eigenvalue weighted by molar-refractivity contribution is 7.12. The van der Waals surface area contributed by atoms with Gasteiger partial charge in [0.2, 0.25) is 5.13 Å². The molecule has 0 saturated carbocycles. The standard InChI is InChI=1S/C7H6N6S/c8-3-4-5(9)12-13(6(4)10)7-11-1-2-14-7/h1-2H,10H2,(H2,9,12). The van der Waals surface area contributed by atoms with Crippen LogP contribution in [0.2, 0.25) is 0 Å². The minimum Gasteiger partial charge on any atom is -0.382 e. The van der Waals surface area contributed by atoms with Gasteiger partial charge in [0.1, 0.15) is 17.5 Å². The highest BCUT2D eigenvalue weighted by atomic mass is 32.1. The normalized spacial score (nSPS) is 9.93. The molecule has 70 valence electrons. The summed E-state index contributed by atoms with van der Waals surface area (Å²) in [6, 6.07) is 1.89. The molecule has 0 spiro atoms. The lowest BCUT2D eigenvalue weighted by Gasteiger charge is -1.96. The molecular weight excluding hydrogens is 200 g/mol. The molecule has 6 nitrogen and oxygen atoms in total. The van der Waals surface area contributed by atoms with Crippen molar-refractivity contribution in [2.24, 2.45) is 0 Å². The Kier molecular flexibility index (Phi) is 1.83. The largest absolute Gasteiger partial charge is 0.382 e. The van der Waals surface area contributed by atoms with Crippen molar-refractivity contribution in [3.05, 3.63) is 17.1 Å². The first-order valence-electron chi connectivity index (χ1n) is 3.68. The van der Waals surface area contributed by atoms with E-state index in [1.165, 1.54) is 16.0 Å². The first kappa shape index (κ1) is 8.52. The third-order valence-electron chi connectivity index (χ3n) is 1.66. The van der Waals surface area contributed by atoms with Crippen molar-refractivity contribution in [2.45, 2.75) is 0 Å². The molecule has 0 amide bonds. The minimum absolute atomic E-state index is 0.125. The summed E-state index contributed by atoms with van der Waals surface area (Å²) in [6.07, 6.45) is 1.63. The molecule has 0 aliphatic carbocycles. The number of nitrogens with zero attached hydrogens (tertiary/aromatic N) is 4. The fourth-order valence-corrected chi connectivity index (χ4v) is 1.63. The number of hydrogen-bond donors (Lipinski definition) is 2. The van der Waals surface area contributed by atoms with Crippen LogP contribution in [0.5, 0.6) is 0 Å². The first-order valence-corrected chi connectivity index (χ1v) is 4.56. The molecule has 0 unspecified atom stereocenters. The smallest absolute Gasteiger partial charge is 0.212 e. The number of rotatable bonds is 1. The van der Waals surface area contributed by atoms with Crippen LogP contribution in [-0.2, 0) is 0 Å². The Morgan fingerprint density at radius 3 is 2.79 bits per heavy atom. The van der Waals surface area contributed by atoms with Crippen LogP contribution < -0.4 is 11.5 Å². The number of nitriles is 1. The number of nitrogen functional groups attached to an aromatic ring is 2. The number of thiazole rings is 1. The van der Waals surface area contributed by atoms with Crippen molar-refractivity contribution < 1.29 is 0 Å². The lowest BCUT2D eigenvalue weighted by atomic mass is 10.3. The van der Waals surface area contributed by atoms with E-state index in [-0.39, 0.29) is 17.2 Å². The zero-order chi connectivity index (χ0) is 10.1. The summed E-state index contributed by atoms with van der Waals surface area (Å²) >= 11 is 1.37. The summed E-state index contributed by atoms with van der Waals surface area (Å²) in [5, 5.41) is 15.0. The first-order chi connectivity index (χ1) is 6.74. The molecule has 4 N–H and O–H groups in total. The van der Waals surface area contributed by atoms with Crippen molar-refractivity contribution in [1.82, 2.24) is 14.8 Å². The molecule has 0 aromatic carbocycles. The van der Waals surface area contributed by atoms with Crippen LogP contribution in [0.15, 0.2) is 11.6 Å². The molecule has 0 aliphatic heterocycles. The predicted octanol–water partition coefficient (Wildman–Crippen LogP) is 0.365. The van der Waals surface area contributed by atoms with E-state index in [1.54, 1.807) is 11.6 Å². The second kappa shape index (κ2) is 3.01. The Bertz CT molecular complexity index is 491. The molecule has 14 heavy (non-hydrogen) atoms. The number of aromatic nitrogens is 3. The Morgan fingerprint density at radius 2 is 2.29 bits per heavy atom. The highest BCUT2D eigenvalue weighted by Gasteiger charge is 2.14. The third-order valence-corrected chi connectivity index (χ3v) is 2.41. The zero-order valence-corrected chi connectivity index (χ0v) is 7.82. The van der Waals surface area contributed by atoms with Crippen LogP contribution in [-0.4, -0.2) is 14.8 Å². The van der Waals surface area contributed by atoms with Gasteiger partial charge in [-0.1, -0.05) is 0 Å². The van der Waals surface area contributed by atoms with Crippen molar-refractivity contribution in [2.75, 3.05) is 11.5 Å².